The minimum Gasteiger partial charge on any atom is -0.481 e. The molecule has 0 spiro atoms. The number of aryl methyl sites for hydroxylation is 1. The van der Waals surface area contributed by atoms with Crippen LogP contribution in [0.2, 0.25) is 0 Å². The molecule has 0 saturated heterocycles. The number of hydrogen-bond donors (Lipinski definition) is 2. The highest BCUT2D eigenvalue weighted by Gasteiger charge is 2.14. The first-order chi connectivity index (χ1) is 11.6. The van der Waals surface area contributed by atoms with Crippen LogP contribution in [0.1, 0.15) is 49.0 Å². The Morgan fingerprint density at radius 3 is 2.71 bits per heavy atom. The molecule has 0 aliphatic rings. The normalized spacial score (nSPS) is 11.9. The standard InChI is InChI=1S/C19H23NO3S/c1-14(19(22)23)15-7-5-8-16(13-15)20-18(21)11-4-2-3-9-17-10-6-12-24-17/h5-8,10,12-14H,2-4,9,11H2,1H3,(H,20,21)(H,22,23). The predicted molar refractivity (Wildman–Crippen MR) is 97.6 cm³/mol. The van der Waals surface area contributed by atoms with Crippen molar-refractivity contribution in [1.82, 2.24) is 0 Å². The van der Waals surface area contributed by atoms with Gasteiger partial charge in [0, 0.05) is 17.0 Å². The Balaban J connectivity index is 1.72. The number of unbranched alkanes of at least 4 members (excludes halogenated alkanes) is 2. The van der Waals surface area contributed by atoms with Crippen LogP contribution < -0.4 is 5.32 Å². The fraction of sp³-hybridized carbons (Fsp3) is 0.368. The lowest BCUT2D eigenvalue weighted by Gasteiger charge is -2.10. The van der Waals surface area contributed by atoms with Gasteiger partial charge in [-0.1, -0.05) is 24.6 Å². The second-order valence-corrected chi connectivity index (χ2v) is 6.91. The molecule has 2 aromatic rings. The van der Waals surface area contributed by atoms with Gasteiger partial charge < -0.3 is 10.4 Å². The number of thiophene rings is 1. The first-order valence-corrected chi connectivity index (χ1v) is 9.09. The molecule has 0 aliphatic heterocycles. The van der Waals surface area contributed by atoms with Crippen molar-refractivity contribution in [2.75, 3.05) is 5.32 Å². The number of anilines is 1. The Labute approximate surface area is 146 Å². The van der Waals surface area contributed by atoms with Crippen molar-refractivity contribution in [3.63, 3.8) is 0 Å². The summed E-state index contributed by atoms with van der Waals surface area (Å²) in [7, 11) is 0. The maximum Gasteiger partial charge on any atom is 0.310 e. The summed E-state index contributed by atoms with van der Waals surface area (Å²) >= 11 is 1.77. The molecule has 5 heteroatoms. The summed E-state index contributed by atoms with van der Waals surface area (Å²) in [6.45, 7) is 1.64. The Hall–Kier alpha value is -2.14. The highest BCUT2D eigenvalue weighted by atomic mass is 32.1. The number of carbonyl (C=O) groups is 2. The molecule has 4 nitrogen and oxygen atoms in total. The molecule has 0 radical (unpaired) electrons. The number of amides is 1. The third kappa shape index (κ3) is 5.81. The van der Waals surface area contributed by atoms with Gasteiger partial charge in [0.2, 0.25) is 5.91 Å². The van der Waals surface area contributed by atoms with Crippen LogP contribution in [0.25, 0.3) is 0 Å². The summed E-state index contributed by atoms with van der Waals surface area (Å²) in [6, 6.07) is 11.2. The van der Waals surface area contributed by atoms with E-state index in [4.69, 9.17) is 5.11 Å². The molecule has 1 unspecified atom stereocenters. The molecule has 24 heavy (non-hydrogen) atoms. The summed E-state index contributed by atoms with van der Waals surface area (Å²) in [5.41, 5.74) is 1.35. The van der Waals surface area contributed by atoms with E-state index < -0.39 is 11.9 Å². The molecule has 2 N–H and O–H groups in total. The van der Waals surface area contributed by atoms with Gasteiger partial charge in [-0.2, -0.15) is 0 Å². The number of carbonyl (C=O) groups excluding carboxylic acids is 1. The average molecular weight is 345 g/mol. The van der Waals surface area contributed by atoms with E-state index in [0.717, 1.165) is 25.7 Å². The number of nitrogens with one attached hydrogen (secondary N) is 1. The molecule has 1 amide bonds. The number of benzene rings is 1. The topological polar surface area (TPSA) is 66.4 Å². The van der Waals surface area contributed by atoms with Crippen LogP contribution >= 0.6 is 11.3 Å². The lowest BCUT2D eigenvalue weighted by atomic mass is 10.0. The number of carboxylic acids is 1. The van der Waals surface area contributed by atoms with Crippen LogP contribution in [0, 0.1) is 0 Å². The molecule has 0 saturated carbocycles. The van der Waals surface area contributed by atoms with Gasteiger partial charge in [-0.15, -0.1) is 11.3 Å². The zero-order valence-corrected chi connectivity index (χ0v) is 14.6. The predicted octanol–water partition coefficient (Wildman–Crippen LogP) is 4.68. The Kier molecular flexibility index (Phi) is 7.00. The van der Waals surface area contributed by atoms with Crippen LogP contribution in [-0.4, -0.2) is 17.0 Å². The van der Waals surface area contributed by atoms with Gasteiger partial charge >= 0.3 is 5.97 Å². The summed E-state index contributed by atoms with van der Waals surface area (Å²) in [5.74, 6) is -1.48. The first-order valence-electron chi connectivity index (χ1n) is 8.21. The molecule has 128 valence electrons. The monoisotopic (exact) mass is 345 g/mol. The van der Waals surface area contributed by atoms with Gasteiger partial charge in [-0.3, -0.25) is 9.59 Å². The van der Waals surface area contributed by atoms with Gasteiger partial charge in [0.1, 0.15) is 0 Å². The molecule has 1 aromatic heterocycles. The zero-order valence-electron chi connectivity index (χ0n) is 13.8. The molecule has 0 fully saturated rings. The Morgan fingerprint density at radius 2 is 2.00 bits per heavy atom. The smallest absolute Gasteiger partial charge is 0.310 e. The van der Waals surface area contributed by atoms with E-state index in [1.807, 2.05) is 0 Å². The van der Waals surface area contributed by atoms with Crippen LogP contribution in [-0.2, 0) is 16.0 Å². The van der Waals surface area contributed by atoms with E-state index in [1.165, 1.54) is 4.88 Å². The molecule has 1 aromatic carbocycles. The van der Waals surface area contributed by atoms with E-state index >= 15 is 0 Å². The van der Waals surface area contributed by atoms with Crippen molar-refractivity contribution in [2.24, 2.45) is 0 Å². The quantitative estimate of drug-likeness (QED) is 0.649. The summed E-state index contributed by atoms with van der Waals surface area (Å²) in [6.07, 6.45) is 4.56. The van der Waals surface area contributed by atoms with E-state index in [2.05, 4.69) is 22.8 Å². The third-order valence-electron chi connectivity index (χ3n) is 3.95. The van der Waals surface area contributed by atoms with Crippen molar-refractivity contribution in [3.05, 3.63) is 52.2 Å². The largest absolute Gasteiger partial charge is 0.481 e. The SMILES string of the molecule is CC(C(=O)O)c1cccc(NC(=O)CCCCCc2cccs2)c1. The lowest BCUT2D eigenvalue weighted by molar-refractivity contribution is -0.138. The highest BCUT2D eigenvalue weighted by Crippen LogP contribution is 2.20. The van der Waals surface area contributed by atoms with E-state index in [1.54, 1.807) is 42.5 Å². The van der Waals surface area contributed by atoms with Crippen molar-refractivity contribution >= 4 is 28.9 Å². The molecule has 0 aliphatic carbocycles. The van der Waals surface area contributed by atoms with Crippen molar-refractivity contribution in [2.45, 2.75) is 44.9 Å². The fourth-order valence-corrected chi connectivity index (χ4v) is 3.22. The molecular weight excluding hydrogens is 322 g/mol. The maximum absolute atomic E-state index is 12.0. The summed E-state index contributed by atoms with van der Waals surface area (Å²) in [5, 5.41) is 14.0. The Morgan fingerprint density at radius 1 is 1.17 bits per heavy atom. The molecular formula is C19H23NO3S. The molecule has 1 atom stereocenters. The number of aliphatic carboxylic acids is 1. The average Bonchev–Trinajstić information content (AvgIpc) is 3.07. The van der Waals surface area contributed by atoms with Gasteiger partial charge in [0.15, 0.2) is 0 Å². The molecule has 0 bridgehead atoms. The van der Waals surface area contributed by atoms with Crippen molar-refractivity contribution in [1.29, 1.82) is 0 Å². The first kappa shape index (κ1) is 18.2. The van der Waals surface area contributed by atoms with Gasteiger partial charge in [0.25, 0.3) is 0 Å². The highest BCUT2D eigenvalue weighted by molar-refractivity contribution is 7.09. The van der Waals surface area contributed by atoms with E-state index in [0.29, 0.717) is 17.7 Å². The van der Waals surface area contributed by atoms with Crippen LogP contribution in [0.15, 0.2) is 41.8 Å². The number of carboxylic acid groups (broad SMARTS) is 1. The minimum absolute atomic E-state index is 0.0220. The number of hydrogen-bond acceptors (Lipinski definition) is 3. The van der Waals surface area contributed by atoms with Crippen molar-refractivity contribution < 1.29 is 14.7 Å². The van der Waals surface area contributed by atoms with E-state index in [-0.39, 0.29) is 5.91 Å². The fourth-order valence-electron chi connectivity index (χ4n) is 2.47. The van der Waals surface area contributed by atoms with Gasteiger partial charge in [0.05, 0.1) is 5.92 Å². The number of rotatable bonds is 9. The maximum atomic E-state index is 12.0. The van der Waals surface area contributed by atoms with Crippen LogP contribution in [0.3, 0.4) is 0 Å². The lowest BCUT2D eigenvalue weighted by Crippen LogP contribution is -2.12. The molecule has 1 heterocycles. The second kappa shape index (κ2) is 9.23. The Bertz CT molecular complexity index is 667. The molecule has 2 rings (SSSR count). The zero-order chi connectivity index (χ0) is 17.4. The second-order valence-electron chi connectivity index (χ2n) is 5.87. The third-order valence-corrected chi connectivity index (χ3v) is 4.88. The van der Waals surface area contributed by atoms with Crippen LogP contribution in [0.5, 0.6) is 0 Å². The van der Waals surface area contributed by atoms with Gasteiger partial charge in [-0.05, 0) is 55.3 Å². The van der Waals surface area contributed by atoms with Crippen LogP contribution in [0.4, 0.5) is 5.69 Å². The van der Waals surface area contributed by atoms with E-state index in [9.17, 15) is 9.59 Å². The van der Waals surface area contributed by atoms with Crippen molar-refractivity contribution in [3.8, 4) is 0 Å². The summed E-state index contributed by atoms with van der Waals surface area (Å²) < 4.78 is 0. The summed E-state index contributed by atoms with van der Waals surface area (Å²) in [4.78, 5) is 24.4. The minimum atomic E-state index is -0.871. The van der Waals surface area contributed by atoms with Gasteiger partial charge in [-0.25, -0.2) is 0 Å².